The highest BCUT2D eigenvalue weighted by atomic mass is 28.2. The van der Waals surface area contributed by atoms with E-state index in [-0.39, 0.29) is 9.52 Å². The zero-order valence-corrected chi connectivity index (χ0v) is 15.3. The molecule has 0 saturated carbocycles. The van der Waals surface area contributed by atoms with Gasteiger partial charge in [-0.2, -0.15) is 0 Å². The second-order valence-electron chi connectivity index (χ2n) is 6.12. The van der Waals surface area contributed by atoms with E-state index in [4.69, 9.17) is 0 Å². The van der Waals surface area contributed by atoms with Gasteiger partial charge in [0.1, 0.15) is 0 Å². The Kier molecular flexibility index (Phi) is 4.69. The number of aryl methyl sites for hydroxylation is 1. The van der Waals surface area contributed by atoms with E-state index in [1.54, 1.807) is 38.2 Å². The molecule has 0 aromatic heterocycles. The van der Waals surface area contributed by atoms with Gasteiger partial charge in [-0.15, -0.1) is 0 Å². The molecule has 0 N–H and O–H groups in total. The van der Waals surface area contributed by atoms with Gasteiger partial charge in [-0.1, -0.05) is 60.5 Å². The van der Waals surface area contributed by atoms with Crippen LogP contribution in [-0.4, -0.2) is 9.52 Å². The van der Waals surface area contributed by atoms with Crippen LogP contribution in [0.2, 0.25) is 0 Å². The third-order valence-electron chi connectivity index (χ3n) is 5.29. The van der Waals surface area contributed by atoms with Crippen molar-refractivity contribution in [2.45, 2.75) is 54.4 Å². The van der Waals surface area contributed by atoms with Crippen LogP contribution in [0.15, 0.2) is 40.1 Å². The first-order chi connectivity index (χ1) is 9.51. The molecule has 0 amide bonds. The summed E-state index contributed by atoms with van der Waals surface area (Å²) in [4.78, 5) is 0. The molecule has 0 fully saturated rings. The van der Waals surface area contributed by atoms with Crippen molar-refractivity contribution in [3.8, 4) is 0 Å². The highest BCUT2D eigenvalue weighted by molar-refractivity contribution is 6.62. The molecule has 1 aliphatic rings. The molecule has 0 radical (unpaired) electrons. The number of allylic oxidation sites excluding steroid dienone is 4. The summed E-state index contributed by atoms with van der Waals surface area (Å²) in [6.07, 6.45) is 2.34. The molecule has 0 saturated heterocycles. The van der Waals surface area contributed by atoms with Gasteiger partial charge in [0.05, 0.1) is 9.52 Å². The molecule has 1 atom stereocenters. The van der Waals surface area contributed by atoms with Gasteiger partial charge in [-0.3, -0.25) is 0 Å². The normalized spacial score (nSPS) is 19.8. The topological polar surface area (TPSA) is 0 Å². The Morgan fingerprint density at radius 1 is 1.00 bits per heavy atom. The van der Waals surface area contributed by atoms with Crippen LogP contribution in [0.3, 0.4) is 0 Å². The summed E-state index contributed by atoms with van der Waals surface area (Å²) in [6, 6.07) is 6.97. The lowest BCUT2D eigenvalue weighted by molar-refractivity contribution is 0.856. The third kappa shape index (κ3) is 2.56. The lowest BCUT2D eigenvalue weighted by Crippen LogP contribution is -2.25. The quantitative estimate of drug-likeness (QED) is 0.736. The van der Waals surface area contributed by atoms with Crippen LogP contribution in [0.1, 0.15) is 52.7 Å². The molecule has 0 nitrogen and oxygen atoms in total. The Balaban J connectivity index is 2.38. The highest BCUT2D eigenvalue weighted by Gasteiger charge is 2.24. The number of rotatable bonds is 4. The lowest BCUT2D eigenvalue weighted by Gasteiger charge is -2.17. The van der Waals surface area contributed by atoms with Crippen LogP contribution in [0.4, 0.5) is 0 Å². The zero-order chi connectivity index (χ0) is 14.9. The number of benzene rings is 1. The molecular weight excluding hydrogens is 256 g/mol. The predicted molar refractivity (Wildman–Crippen MR) is 93.6 cm³/mol. The van der Waals surface area contributed by atoms with Crippen LogP contribution in [-0.2, 0) is 12.8 Å². The lowest BCUT2D eigenvalue weighted by atomic mass is 10.0. The molecule has 1 aliphatic carbocycles. The van der Waals surface area contributed by atoms with Gasteiger partial charge < -0.3 is 0 Å². The third-order valence-corrected chi connectivity index (χ3v) is 7.86. The summed E-state index contributed by atoms with van der Waals surface area (Å²) >= 11 is 0. The van der Waals surface area contributed by atoms with E-state index >= 15 is 0 Å². The van der Waals surface area contributed by atoms with Crippen molar-refractivity contribution in [2.75, 3.05) is 0 Å². The Hall–Kier alpha value is -1.08. The van der Waals surface area contributed by atoms with E-state index in [0.717, 1.165) is 6.42 Å². The molecule has 1 heteroatoms. The maximum absolute atomic E-state index is 2.40. The average molecular weight is 285 g/mol. The standard InChI is InChI=1S/C19H28Si/c1-7-16-10-9-11-18(17(16)8-2)20-19-14(5)12(3)13(4)15(19)6/h9-11,14H,7-8,20H2,1-6H3. The van der Waals surface area contributed by atoms with E-state index in [2.05, 4.69) is 59.7 Å². The minimum atomic E-state index is -0.326. The fourth-order valence-corrected chi connectivity index (χ4v) is 6.07. The minimum absolute atomic E-state index is 0.326. The SMILES string of the molecule is CCc1cccc([SiH2]C2=C(C)C(C)=C(C)C2C)c1CC. The van der Waals surface area contributed by atoms with Crippen molar-refractivity contribution in [1.29, 1.82) is 0 Å². The maximum Gasteiger partial charge on any atom is 0.0839 e. The number of hydrogen-bond acceptors (Lipinski definition) is 0. The fraction of sp³-hybridized carbons (Fsp3) is 0.474. The van der Waals surface area contributed by atoms with E-state index in [1.807, 2.05) is 0 Å². The Morgan fingerprint density at radius 3 is 2.20 bits per heavy atom. The van der Waals surface area contributed by atoms with E-state index in [0.29, 0.717) is 5.92 Å². The van der Waals surface area contributed by atoms with E-state index in [1.165, 1.54) is 6.42 Å². The van der Waals surface area contributed by atoms with Crippen molar-refractivity contribution in [3.63, 3.8) is 0 Å². The van der Waals surface area contributed by atoms with Gasteiger partial charge in [-0.05, 0) is 56.2 Å². The Bertz CT molecular complexity index is 575. The minimum Gasteiger partial charge on any atom is -0.0728 e. The second-order valence-corrected chi connectivity index (χ2v) is 8.00. The van der Waals surface area contributed by atoms with Gasteiger partial charge >= 0.3 is 0 Å². The van der Waals surface area contributed by atoms with E-state index in [9.17, 15) is 0 Å². The van der Waals surface area contributed by atoms with Crippen molar-refractivity contribution in [2.24, 2.45) is 5.92 Å². The largest absolute Gasteiger partial charge is 0.0839 e. The van der Waals surface area contributed by atoms with E-state index < -0.39 is 0 Å². The summed E-state index contributed by atoms with van der Waals surface area (Å²) in [5.41, 5.74) is 7.92. The van der Waals surface area contributed by atoms with Crippen LogP contribution in [0.5, 0.6) is 0 Å². The van der Waals surface area contributed by atoms with Crippen LogP contribution >= 0.6 is 0 Å². The van der Waals surface area contributed by atoms with Gasteiger partial charge in [0.25, 0.3) is 0 Å². The Morgan fingerprint density at radius 2 is 1.70 bits per heavy atom. The molecule has 0 heterocycles. The first kappa shape index (κ1) is 15.3. The van der Waals surface area contributed by atoms with Crippen molar-refractivity contribution >= 4 is 14.7 Å². The van der Waals surface area contributed by atoms with Crippen molar-refractivity contribution in [3.05, 3.63) is 51.2 Å². The van der Waals surface area contributed by atoms with Gasteiger partial charge in [-0.25, -0.2) is 0 Å². The average Bonchev–Trinajstić information content (AvgIpc) is 2.64. The number of hydrogen-bond donors (Lipinski definition) is 0. The molecule has 0 aliphatic heterocycles. The second kappa shape index (κ2) is 6.13. The fourth-order valence-electron chi connectivity index (χ4n) is 3.58. The summed E-state index contributed by atoms with van der Waals surface area (Å²) in [5.74, 6) is 0.677. The highest BCUT2D eigenvalue weighted by Crippen LogP contribution is 2.35. The molecule has 1 aromatic carbocycles. The van der Waals surface area contributed by atoms with Crippen LogP contribution in [0, 0.1) is 5.92 Å². The van der Waals surface area contributed by atoms with Gasteiger partial charge in [0.2, 0.25) is 0 Å². The maximum atomic E-state index is 2.40. The molecule has 0 spiro atoms. The summed E-state index contributed by atoms with van der Waals surface area (Å²) in [6.45, 7) is 13.9. The van der Waals surface area contributed by atoms with Crippen LogP contribution in [0.25, 0.3) is 0 Å². The monoisotopic (exact) mass is 284 g/mol. The smallest absolute Gasteiger partial charge is 0.0728 e. The summed E-state index contributed by atoms with van der Waals surface area (Å²) in [5, 5.41) is 3.44. The van der Waals surface area contributed by atoms with Crippen LogP contribution < -0.4 is 5.19 Å². The first-order valence-corrected chi connectivity index (χ1v) is 9.39. The zero-order valence-electron chi connectivity index (χ0n) is 13.9. The summed E-state index contributed by atoms with van der Waals surface area (Å²) in [7, 11) is -0.326. The molecule has 108 valence electrons. The van der Waals surface area contributed by atoms with Crippen molar-refractivity contribution < 1.29 is 0 Å². The Labute approximate surface area is 126 Å². The molecule has 2 rings (SSSR count). The summed E-state index contributed by atoms with van der Waals surface area (Å²) < 4.78 is 0. The molecule has 20 heavy (non-hydrogen) atoms. The van der Waals surface area contributed by atoms with Crippen molar-refractivity contribution in [1.82, 2.24) is 0 Å². The molecule has 1 aromatic rings. The molecule has 0 bridgehead atoms. The van der Waals surface area contributed by atoms with Gasteiger partial charge in [0.15, 0.2) is 0 Å². The first-order valence-electron chi connectivity index (χ1n) is 7.98. The van der Waals surface area contributed by atoms with Gasteiger partial charge in [0, 0.05) is 0 Å². The molecule has 1 unspecified atom stereocenters. The predicted octanol–water partition coefficient (Wildman–Crippen LogP) is 3.87. The molecular formula is C19H28Si.